The molecule has 1 atom stereocenters. The molecular formula is C18H17F2NO4. The van der Waals surface area contributed by atoms with Crippen molar-refractivity contribution in [1.29, 1.82) is 0 Å². The first-order chi connectivity index (χ1) is 11.9. The van der Waals surface area contributed by atoms with Crippen LogP contribution in [0.5, 0.6) is 0 Å². The molecule has 1 unspecified atom stereocenters. The van der Waals surface area contributed by atoms with Gasteiger partial charge in [0.1, 0.15) is 12.6 Å². The third-order valence-corrected chi connectivity index (χ3v) is 3.66. The van der Waals surface area contributed by atoms with E-state index in [9.17, 15) is 23.5 Å². The summed E-state index contributed by atoms with van der Waals surface area (Å²) in [7, 11) is 1.28. The van der Waals surface area contributed by atoms with Crippen LogP contribution in [0.25, 0.3) is 0 Å². The number of rotatable bonds is 6. The molecule has 0 aliphatic rings. The number of carboxylic acids is 1. The number of ether oxygens (including phenoxy) is 1. The average molecular weight is 349 g/mol. The molecule has 2 aromatic carbocycles. The van der Waals surface area contributed by atoms with Gasteiger partial charge in [-0.05, 0) is 23.3 Å². The van der Waals surface area contributed by atoms with Crippen molar-refractivity contribution in [3.05, 3.63) is 71.3 Å². The highest BCUT2D eigenvalue weighted by Gasteiger charge is 2.28. The van der Waals surface area contributed by atoms with Gasteiger partial charge in [0.2, 0.25) is 0 Å². The second-order valence-electron chi connectivity index (χ2n) is 5.46. The Balaban J connectivity index is 2.03. The van der Waals surface area contributed by atoms with E-state index in [4.69, 9.17) is 4.74 Å². The number of halogens is 2. The smallest absolute Gasteiger partial charge is 0.410 e. The molecule has 0 bridgehead atoms. The predicted molar refractivity (Wildman–Crippen MR) is 85.9 cm³/mol. The van der Waals surface area contributed by atoms with E-state index < -0.39 is 29.7 Å². The van der Waals surface area contributed by atoms with Gasteiger partial charge in [-0.1, -0.05) is 36.4 Å². The van der Waals surface area contributed by atoms with E-state index in [1.165, 1.54) is 13.1 Å². The lowest BCUT2D eigenvalue weighted by Crippen LogP contribution is -2.44. The number of aliphatic carboxylic acids is 1. The Kier molecular flexibility index (Phi) is 6.05. The SMILES string of the molecule is CN(C(=O)OCc1ccccc1)C(Cc1ccc(F)c(F)c1)C(=O)O. The number of carboxylic acid groups (broad SMARTS) is 1. The lowest BCUT2D eigenvalue weighted by atomic mass is 10.0. The average Bonchev–Trinajstić information content (AvgIpc) is 2.60. The lowest BCUT2D eigenvalue weighted by Gasteiger charge is -2.24. The highest BCUT2D eigenvalue weighted by Crippen LogP contribution is 2.14. The summed E-state index contributed by atoms with van der Waals surface area (Å²) in [5.74, 6) is -3.37. The molecule has 0 aliphatic heterocycles. The molecule has 0 radical (unpaired) electrons. The second-order valence-corrected chi connectivity index (χ2v) is 5.46. The number of nitrogens with zero attached hydrogens (tertiary/aromatic N) is 1. The molecule has 0 spiro atoms. The van der Waals surface area contributed by atoms with Gasteiger partial charge in [0.05, 0.1) is 0 Å². The van der Waals surface area contributed by atoms with Crippen molar-refractivity contribution >= 4 is 12.1 Å². The Morgan fingerprint density at radius 2 is 1.76 bits per heavy atom. The summed E-state index contributed by atoms with van der Waals surface area (Å²) < 4.78 is 31.3. The van der Waals surface area contributed by atoms with Crippen LogP contribution >= 0.6 is 0 Å². The zero-order valence-electron chi connectivity index (χ0n) is 13.5. The second kappa shape index (κ2) is 8.23. The van der Waals surface area contributed by atoms with E-state index in [1.54, 1.807) is 24.3 Å². The Morgan fingerprint density at radius 1 is 1.08 bits per heavy atom. The van der Waals surface area contributed by atoms with Crippen LogP contribution in [0.4, 0.5) is 13.6 Å². The quantitative estimate of drug-likeness (QED) is 0.869. The summed E-state index contributed by atoms with van der Waals surface area (Å²) in [6.07, 6.45) is -0.998. The number of amides is 1. The molecule has 132 valence electrons. The molecule has 25 heavy (non-hydrogen) atoms. The van der Waals surface area contributed by atoms with Crippen LogP contribution in [0.15, 0.2) is 48.5 Å². The molecule has 0 heterocycles. The van der Waals surface area contributed by atoms with Crippen LogP contribution in [0, 0.1) is 11.6 Å². The van der Waals surface area contributed by atoms with Crippen molar-refractivity contribution in [2.75, 3.05) is 7.05 Å². The van der Waals surface area contributed by atoms with E-state index in [0.717, 1.165) is 22.6 Å². The number of hydrogen-bond acceptors (Lipinski definition) is 3. The standard InChI is InChI=1S/C18H17F2NO4/c1-21(18(24)25-11-12-5-3-2-4-6-12)16(17(22)23)10-13-7-8-14(19)15(20)9-13/h2-9,16H,10-11H2,1H3,(H,22,23). The molecule has 2 rings (SSSR count). The van der Waals surface area contributed by atoms with Gasteiger partial charge in [0.15, 0.2) is 11.6 Å². The fourth-order valence-corrected chi connectivity index (χ4v) is 2.23. The van der Waals surface area contributed by atoms with Crippen molar-refractivity contribution in [3.8, 4) is 0 Å². The minimum Gasteiger partial charge on any atom is -0.480 e. The maximum absolute atomic E-state index is 13.3. The van der Waals surface area contributed by atoms with Crippen molar-refractivity contribution in [2.24, 2.45) is 0 Å². The van der Waals surface area contributed by atoms with Gasteiger partial charge in [-0.2, -0.15) is 0 Å². The van der Waals surface area contributed by atoms with Gasteiger partial charge in [0, 0.05) is 13.5 Å². The van der Waals surface area contributed by atoms with Crippen LogP contribution in [0.1, 0.15) is 11.1 Å². The Hall–Kier alpha value is -2.96. The van der Waals surface area contributed by atoms with E-state index in [-0.39, 0.29) is 18.6 Å². The molecule has 0 aliphatic carbocycles. The van der Waals surface area contributed by atoms with Crippen LogP contribution in [0.3, 0.4) is 0 Å². The first-order valence-corrected chi connectivity index (χ1v) is 7.48. The molecular weight excluding hydrogens is 332 g/mol. The summed E-state index contributed by atoms with van der Waals surface area (Å²) in [4.78, 5) is 24.5. The normalized spacial score (nSPS) is 11.6. The Labute approximate surface area is 143 Å². The highest BCUT2D eigenvalue weighted by molar-refractivity contribution is 5.80. The molecule has 5 nitrogen and oxygen atoms in total. The van der Waals surface area contributed by atoms with E-state index in [0.29, 0.717) is 0 Å². The molecule has 7 heteroatoms. The summed E-state index contributed by atoms with van der Waals surface area (Å²) in [6.45, 7) is 0.00152. The van der Waals surface area contributed by atoms with Gasteiger partial charge in [-0.25, -0.2) is 18.4 Å². The maximum Gasteiger partial charge on any atom is 0.410 e. The van der Waals surface area contributed by atoms with Crippen LogP contribution in [-0.4, -0.2) is 35.2 Å². The Bertz CT molecular complexity index is 752. The van der Waals surface area contributed by atoms with Gasteiger partial charge >= 0.3 is 12.1 Å². The van der Waals surface area contributed by atoms with Gasteiger partial charge < -0.3 is 9.84 Å². The van der Waals surface area contributed by atoms with E-state index >= 15 is 0 Å². The van der Waals surface area contributed by atoms with Gasteiger partial charge in [0.25, 0.3) is 0 Å². The first-order valence-electron chi connectivity index (χ1n) is 7.48. The molecule has 2 aromatic rings. The van der Waals surface area contributed by atoms with E-state index in [2.05, 4.69) is 0 Å². The zero-order valence-corrected chi connectivity index (χ0v) is 13.5. The highest BCUT2D eigenvalue weighted by atomic mass is 19.2. The summed E-state index contributed by atoms with van der Waals surface area (Å²) in [6, 6.07) is 10.8. The minimum absolute atomic E-state index is 0.00152. The number of benzene rings is 2. The zero-order chi connectivity index (χ0) is 18.4. The van der Waals surface area contributed by atoms with Crippen LogP contribution < -0.4 is 0 Å². The number of likely N-dealkylation sites (N-methyl/N-ethyl adjacent to an activating group) is 1. The molecule has 1 N–H and O–H groups in total. The third kappa shape index (κ3) is 5.00. The Morgan fingerprint density at radius 3 is 2.36 bits per heavy atom. The summed E-state index contributed by atoms with van der Waals surface area (Å²) in [5, 5.41) is 9.35. The number of carbonyl (C=O) groups excluding carboxylic acids is 1. The molecule has 1 amide bonds. The van der Waals surface area contributed by atoms with Crippen LogP contribution in [0.2, 0.25) is 0 Å². The molecule has 0 aromatic heterocycles. The monoisotopic (exact) mass is 349 g/mol. The van der Waals surface area contributed by atoms with Crippen molar-refractivity contribution < 1.29 is 28.2 Å². The molecule has 0 saturated carbocycles. The van der Waals surface area contributed by atoms with Crippen molar-refractivity contribution in [1.82, 2.24) is 4.90 Å². The maximum atomic E-state index is 13.3. The van der Waals surface area contributed by atoms with E-state index in [1.807, 2.05) is 6.07 Å². The fraction of sp³-hybridized carbons (Fsp3) is 0.222. The van der Waals surface area contributed by atoms with Gasteiger partial charge in [-0.3, -0.25) is 4.90 Å². The molecule has 0 fully saturated rings. The lowest BCUT2D eigenvalue weighted by molar-refractivity contribution is -0.142. The minimum atomic E-state index is -1.27. The van der Waals surface area contributed by atoms with Crippen molar-refractivity contribution in [2.45, 2.75) is 19.1 Å². The fourth-order valence-electron chi connectivity index (χ4n) is 2.23. The first kappa shape index (κ1) is 18.4. The van der Waals surface area contributed by atoms with Gasteiger partial charge in [-0.15, -0.1) is 0 Å². The summed E-state index contributed by atoms with van der Waals surface area (Å²) in [5.41, 5.74) is 1.02. The largest absolute Gasteiger partial charge is 0.480 e. The topological polar surface area (TPSA) is 66.8 Å². The number of carbonyl (C=O) groups is 2. The van der Waals surface area contributed by atoms with Crippen molar-refractivity contribution in [3.63, 3.8) is 0 Å². The number of hydrogen-bond donors (Lipinski definition) is 1. The summed E-state index contributed by atoms with van der Waals surface area (Å²) >= 11 is 0. The van der Waals surface area contributed by atoms with Crippen LogP contribution in [-0.2, 0) is 22.6 Å². The predicted octanol–water partition coefficient (Wildman–Crippen LogP) is 3.23. The molecule has 0 saturated heterocycles. The third-order valence-electron chi connectivity index (χ3n) is 3.66.